The summed E-state index contributed by atoms with van der Waals surface area (Å²) in [5.41, 5.74) is 1.97. The molecule has 0 saturated heterocycles. The van der Waals surface area contributed by atoms with E-state index in [0.717, 1.165) is 43.2 Å². The maximum Gasteiger partial charge on any atom is 0.247 e. The van der Waals surface area contributed by atoms with Gasteiger partial charge < -0.3 is 10.2 Å². The molecule has 1 aromatic rings. The standard InChI is InChI=1S/C21H31ClN2O2/c1-3-14-24(19(25)15-22)20(17-12-10-16(2)11-13-17)21(26)23-18-8-6-4-5-7-9-18/h10-13,18,20H,3-9,14-15H2,1-2H3,(H,23,26)/t20-/m1/s1. The molecule has 1 aliphatic carbocycles. The van der Waals surface area contributed by atoms with E-state index in [1.807, 2.05) is 38.1 Å². The Morgan fingerprint density at radius 2 is 1.77 bits per heavy atom. The summed E-state index contributed by atoms with van der Waals surface area (Å²) in [7, 11) is 0. The van der Waals surface area contributed by atoms with Gasteiger partial charge in [0.25, 0.3) is 0 Å². The van der Waals surface area contributed by atoms with Crippen LogP contribution in [0.2, 0.25) is 0 Å². The Kier molecular flexibility index (Phi) is 8.43. The highest BCUT2D eigenvalue weighted by molar-refractivity contribution is 6.27. The first kappa shape index (κ1) is 20.8. The summed E-state index contributed by atoms with van der Waals surface area (Å²) in [5.74, 6) is -0.401. The second-order valence-electron chi connectivity index (χ2n) is 7.23. The lowest BCUT2D eigenvalue weighted by atomic mass is 10.0. The van der Waals surface area contributed by atoms with Crippen LogP contribution in [0.25, 0.3) is 0 Å². The Labute approximate surface area is 162 Å². The van der Waals surface area contributed by atoms with Crippen molar-refractivity contribution in [3.63, 3.8) is 0 Å². The number of halogens is 1. The zero-order valence-corrected chi connectivity index (χ0v) is 16.7. The summed E-state index contributed by atoms with van der Waals surface area (Å²) in [5, 5.41) is 3.21. The molecule has 2 rings (SSSR count). The van der Waals surface area contributed by atoms with Crippen LogP contribution in [0.1, 0.15) is 69.0 Å². The predicted molar refractivity (Wildman–Crippen MR) is 106 cm³/mol. The van der Waals surface area contributed by atoms with Gasteiger partial charge in [-0.1, -0.05) is 62.4 Å². The van der Waals surface area contributed by atoms with E-state index in [9.17, 15) is 9.59 Å². The molecular formula is C21H31ClN2O2. The Bertz CT molecular complexity index is 580. The van der Waals surface area contributed by atoms with Crippen molar-refractivity contribution in [3.05, 3.63) is 35.4 Å². The number of carbonyl (C=O) groups excluding carboxylic acids is 2. The van der Waals surface area contributed by atoms with E-state index in [4.69, 9.17) is 11.6 Å². The zero-order valence-electron chi connectivity index (χ0n) is 16.0. The third-order valence-electron chi connectivity index (χ3n) is 5.05. The van der Waals surface area contributed by atoms with Gasteiger partial charge in [-0.15, -0.1) is 11.6 Å². The van der Waals surface area contributed by atoms with Crippen LogP contribution in [0.4, 0.5) is 0 Å². The first-order chi connectivity index (χ1) is 12.6. The van der Waals surface area contributed by atoms with Crippen molar-refractivity contribution < 1.29 is 9.59 Å². The molecule has 144 valence electrons. The molecule has 2 amide bonds. The molecule has 0 spiro atoms. The number of nitrogens with one attached hydrogen (secondary N) is 1. The number of rotatable bonds is 7. The number of carbonyl (C=O) groups is 2. The predicted octanol–water partition coefficient (Wildman–Crippen LogP) is 4.35. The highest BCUT2D eigenvalue weighted by atomic mass is 35.5. The third kappa shape index (κ3) is 5.73. The van der Waals surface area contributed by atoms with E-state index in [1.54, 1.807) is 4.90 Å². The average Bonchev–Trinajstić information content (AvgIpc) is 2.90. The molecule has 26 heavy (non-hydrogen) atoms. The lowest BCUT2D eigenvalue weighted by Crippen LogP contribution is -2.47. The van der Waals surface area contributed by atoms with Crippen LogP contribution in [-0.2, 0) is 9.59 Å². The Morgan fingerprint density at radius 3 is 2.31 bits per heavy atom. The molecule has 0 unspecified atom stereocenters. The summed E-state index contributed by atoms with van der Waals surface area (Å²) < 4.78 is 0. The molecule has 1 fully saturated rings. The molecule has 5 heteroatoms. The summed E-state index contributed by atoms with van der Waals surface area (Å²) in [6.07, 6.45) is 7.59. The molecule has 1 aliphatic rings. The summed E-state index contributed by atoms with van der Waals surface area (Å²) in [6, 6.07) is 7.43. The number of hydrogen-bond donors (Lipinski definition) is 1. The quantitative estimate of drug-likeness (QED) is 0.566. The largest absolute Gasteiger partial charge is 0.351 e. The number of benzene rings is 1. The van der Waals surface area contributed by atoms with Crippen molar-refractivity contribution in [2.75, 3.05) is 12.4 Å². The number of alkyl halides is 1. The average molecular weight is 379 g/mol. The fourth-order valence-electron chi connectivity index (χ4n) is 3.64. The molecule has 0 heterocycles. The van der Waals surface area contributed by atoms with Gasteiger partial charge in [-0.2, -0.15) is 0 Å². The molecule has 1 N–H and O–H groups in total. The SMILES string of the molecule is CCCN(C(=O)CCl)[C@@H](C(=O)NC1CCCCCC1)c1ccc(C)cc1. The van der Waals surface area contributed by atoms with Crippen LogP contribution < -0.4 is 5.32 Å². The number of nitrogens with zero attached hydrogens (tertiary/aromatic N) is 1. The van der Waals surface area contributed by atoms with Crippen LogP contribution in [0.3, 0.4) is 0 Å². The van der Waals surface area contributed by atoms with Gasteiger partial charge in [0.2, 0.25) is 11.8 Å². The Balaban J connectivity index is 2.26. The Morgan fingerprint density at radius 1 is 1.15 bits per heavy atom. The van der Waals surface area contributed by atoms with Crippen molar-refractivity contribution in [1.82, 2.24) is 10.2 Å². The first-order valence-electron chi connectivity index (χ1n) is 9.79. The lowest BCUT2D eigenvalue weighted by Gasteiger charge is -2.32. The first-order valence-corrected chi connectivity index (χ1v) is 10.3. The van der Waals surface area contributed by atoms with Gasteiger partial charge in [-0.3, -0.25) is 9.59 Å². The summed E-state index contributed by atoms with van der Waals surface area (Å²) >= 11 is 5.83. The van der Waals surface area contributed by atoms with Crippen molar-refractivity contribution in [3.8, 4) is 0 Å². The van der Waals surface area contributed by atoms with Gasteiger partial charge in [0.1, 0.15) is 11.9 Å². The van der Waals surface area contributed by atoms with Gasteiger partial charge in [0.05, 0.1) is 0 Å². The Hall–Kier alpha value is -1.55. The minimum atomic E-state index is -0.620. The van der Waals surface area contributed by atoms with E-state index in [0.29, 0.717) is 6.54 Å². The molecule has 0 aliphatic heterocycles. The highest BCUT2D eigenvalue weighted by Crippen LogP contribution is 2.24. The molecule has 0 radical (unpaired) electrons. The van der Waals surface area contributed by atoms with E-state index in [-0.39, 0.29) is 23.7 Å². The monoisotopic (exact) mass is 378 g/mol. The van der Waals surface area contributed by atoms with Gasteiger partial charge in [0.15, 0.2) is 0 Å². The van der Waals surface area contributed by atoms with E-state index in [1.165, 1.54) is 12.8 Å². The van der Waals surface area contributed by atoms with Crippen molar-refractivity contribution >= 4 is 23.4 Å². The molecule has 1 saturated carbocycles. The third-order valence-corrected chi connectivity index (χ3v) is 5.28. The van der Waals surface area contributed by atoms with Crippen LogP contribution >= 0.6 is 11.6 Å². The van der Waals surface area contributed by atoms with Gasteiger partial charge in [-0.05, 0) is 31.7 Å². The van der Waals surface area contributed by atoms with Gasteiger partial charge in [-0.25, -0.2) is 0 Å². The van der Waals surface area contributed by atoms with E-state index in [2.05, 4.69) is 5.32 Å². The van der Waals surface area contributed by atoms with Crippen molar-refractivity contribution in [2.24, 2.45) is 0 Å². The number of aryl methyl sites for hydroxylation is 1. The maximum absolute atomic E-state index is 13.2. The topological polar surface area (TPSA) is 49.4 Å². The van der Waals surface area contributed by atoms with Gasteiger partial charge >= 0.3 is 0 Å². The normalized spacial score (nSPS) is 16.6. The second-order valence-corrected chi connectivity index (χ2v) is 7.50. The van der Waals surface area contributed by atoms with E-state index >= 15 is 0 Å². The zero-order chi connectivity index (χ0) is 18.9. The lowest BCUT2D eigenvalue weighted by molar-refractivity contribution is -0.139. The number of hydrogen-bond acceptors (Lipinski definition) is 2. The van der Waals surface area contributed by atoms with Crippen molar-refractivity contribution in [2.45, 2.75) is 70.9 Å². The molecule has 0 bridgehead atoms. The van der Waals surface area contributed by atoms with Crippen molar-refractivity contribution in [1.29, 1.82) is 0 Å². The minimum absolute atomic E-state index is 0.0901. The fourth-order valence-corrected chi connectivity index (χ4v) is 3.79. The van der Waals surface area contributed by atoms with Gasteiger partial charge in [0, 0.05) is 12.6 Å². The van der Waals surface area contributed by atoms with Crippen LogP contribution in [0.5, 0.6) is 0 Å². The number of amides is 2. The highest BCUT2D eigenvalue weighted by Gasteiger charge is 2.31. The molecule has 0 aromatic heterocycles. The fraction of sp³-hybridized carbons (Fsp3) is 0.619. The second kappa shape index (κ2) is 10.6. The molecule has 1 atom stereocenters. The smallest absolute Gasteiger partial charge is 0.247 e. The van der Waals surface area contributed by atoms with E-state index < -0.39 is 6.04 Å². The van der Waals surface area contributed by atoms with Crippen LogP contribution in [0, 0.1) is 6.92 Å². The molecular weight excluding hydrogens is 348 g/mol. The molecule has 4 nitrogen and oxygen atoms in total. The van der Waals surface area contributed by atoms with Crippen LogP contribution in [0.15, 0.2) is 24.3 Å². The maximum atomic E-state index is 13.2. The summed E-state index contributed by atoms with van der Waals surface area (Å²) in [4.78, 5) is 27.3. The minimum Gasteiger partial charge on any atom is -0.351 e. The molecule has 1 aromatic carbocycles. The summed E-state index contributed by atoms with van der Waals surface area (Å²) in [6.45, 7) is 4.53. The van der Waals surface area contributed by atoms with Crippen LogP contribution in [-0.4, -0.2) is 35.2 Å².